The van der Waals surface area contributed by atoms with Gasteiger partial charge < -0.3 is 10.5 Å². The Bertz CT molecular complexity index is 795. The van der Waals surface area contributed by atoms with E-state index < -0.39 is 0 Å². The molecule has 0 amide bonds. The Balaban J connectivity index is 2.19. The lowest BCUT2D eigenvalue weighted by atomic mass is 10.1. The number of benzene rings is 1. The summed E-state index contributed by atoms with van der Waals surface area (Å²) in [5.41, 5.74) is 9.19. The van der Waals surface area contributed by atoms with Crippen LogP contribution >= 0.6 is 0 Å². The summed E-state index contributed by atoms with van der Waals surface area (Å²) in [4.78, 5) is 4.45. The first-order valence-electron chi connectivity index (χ1n) is 6.18. The van der Waals surface area contributed by atoms with Crippen LogP contribution in [0.1, 0.15) is 5.56 Å². The third-order valence-electron chi connectivity index (χ3n) is 3.29. The predicted octanol–water partition coefficient (Wildman–Crippen LogP) is 3.04. The van der Waals surface area contributed by atoms with Gasteiger partial charge in [-0.05, 0) is 42.8 Å². The number of imidazole rings is 1. The smallest absolute Gasteiger partial charge is 0.140 e. The fourth-order valence-corrected chi connectivity index (χ4v) is 2.28. The normalized spacial score (nSPS) is 10.9. The van der Waals surface area contributed by atoms with Crippen molar-refractivity contribution in [3.63, 3.8) is 0 Å². The minimum atomic E-state index is -0.348. The molecule has 4 nitrogen and oxygen atoms in total. The van der Waals surface area contributed by atoms with E-state index in [1.807, 2.05) is 25.1 Å². The Labute approximate surface area is 115 Å². The first kappa shape index (κ1) is 12.5. The molecule has 2 aromatic heterocycles. The number of aryl methyl sites for hydroxylation is 1. The first-order chi connectivity index (χ1) is 9.60. The van der Waals surface area contributed by atoms with Gasteiger partial charge in [0.2, 0.25) is 0 Å². The van der Waals surface area contributed by atoms with Crippen LogP contribution in [0, 0.1) is 12.7 Å². The van der Waals surface area contributed by atoms with Gasteiger partial charge >= 0.3 is 0 Å². The molecule has 102 valence electrons. The second-order valence-corrected chi connectivity index (χ2v) is 4.61. The molecule has 0 spiro atoms. The van der Waals surface area contributed by atoms with E-state index in [-0.39, 0.29) is 5.82 Å². The lowest BCUT2D eigenvalue weighted by Gasteiger charge is -2.06. The number of hydrogen-bond donors (Lipinski definition) is 1. The van der Waals surface area contributed by atoms with Crippen molar-refractivity contribution in [2.24, 2.45) is 0 Å². The summed E-state index contributed by atoms with van der Waals surface area (Å²) in [6, 6.07) is 8.68. The Kier molecular flexibility index (Phi) is 2.82. The SMILES string of the molecule is COc1ccc(-c2nc3ccc(F)cn3c2N)cc1C. The van der Waals surface area contributed by atoms with Crippen LogP contribution in [-0.4, -0.2) is 16.5 Å². The average molecular weight is 271 g/mol. The highest BCUT2D eigenvalue weighted by atomic mass is 19.1. The van der Waals surface area contributed by atoms with Gasteiger partial charge in [0, 0.05) is 11.8 Å². The lowest BCUT2D eigenvalue weighted by Crippen LogP contribution is -1.95. The zero-order chi connectivity index (χ0) is 14.3. The van der Waals surface area contributed by atoms with Gasteiger partial charge in [0.15, 0.2) is 0 Å². The Morgan fingerprint density at radius 3 is 2.75 bits per heavy atom. The van der Waals surface area contributed by atoms with Gasteiger partial charge in [-0.1, -0.05) is 0 Å². The van der Waals surface area contributed by atoms with Crippen LogP contribution in [0.4, 0.5) is 10.2 Å². The van der Waals surface area contributed by atoms with E-state index in [9.17, 15) is 4.39 Å². The fraction of sp³-hybridized carbons (Fsp3) is 0.133. The number of nitrogens with zero attached hydrogens (tertiary/aromatic N) is 2. The van der Waals surface area contributed by atoms with E-state index in [4.69, 9.17) is 10.5 Å². The highest BCUT2D eigenvalue weighted by molar-refractivity contribution is 5.75. The van der Waals surface area contributed by atoms with Crippen LogP contribution in [0.15, 0.2) is 36.5 Å². The maximum atomic E-state index is 13.3. The molecule has 0 fully saturated rings. The zero-order valence-electron chi connectivity index (χ0n) is 11.2. The number of fused-ring (bicyclic) bond motifs is 1. The quantitative estimate of drug-likeness (QED) is 0.779. The molecular weight excluding hydrogens is 257 g/mol. The number of methoxy groups -OCH3 is 1. The van der Waals surface area contributed by atoms with Crippen LogP contribution in [-0.2, 0) is 0 Å². The maximum Gasteiger partial charge on any atom is 0.140 e. The second kappa shape index (κ2) is 4.52. The van der Waals surface area contributed by atoms with Crippen LogP contribution in [0.2, 0.25) is 0 Å². The molecule has 0 aliphatic rings. The monoisotopic (exact) mass is 271 g/mol. The van der Waals surface area contributed by atoms with Crippen molar-refractivity contribution < 1.29 is 9.13 Å². The molecular formula is C15H14FN3O. The predicted molar refractivity (Wildman–Crippen MR) is 76.3 cm³/mol. The van der Waals surface area contributed by atoms with Crippen molar-refractivity contribution in [3.8, 4) is 17.0 Å². The number of rotatable bonds is 2. The molecule has 0 aliphatic heterocycles. The van der Waals surface area contributed by atoms with Crippen molar-refractivity contribution in [3.05, 3.63) is 47.9 Å². The van der Waals surface area contributed by atoms with Gasteiger partial charge in [0.25, 0.3) is 0 Å². The van der Waals surface area contributed by atoms with E-state index in [0.29, 0.717) is 17.2 Å². The summed E-state index contributed by atoms with van der Waals surface area (Å²) >= 11 is 0. The summed E-state index contributed by atoms with van der Waals surface area (Å²) in [7, 11) is 1.63. The average Bonchev–Trinajstić information content (AvgIpc) is 2.76. The molecule has 0 bridgehead atoms. The van der Waals surface area contributed by atoms with E-state index in [2.05, 4.69) is 4.98 Å². The van der Waals surface area contributed by atoms with E-state index in [1.165, 1.54) is 12.3 Å². The molecule has 0 unspecified atom stereocenters. The Morgan fingerprint density at radius 1 is 1.25 bits per heavy atom. The number of hydrogen-bond acceptors (Lipinski definition) is 3. The van der Waals surface area contributed by atoms with Crippen LogP contribution in [0.5, 0.6) is 5.75 Å². The topological polar surface area (TPSA) is 52.5 Å². The summed E-state index contributed by atoms with van der Waals surface area (Å²) < 4.78 is 20.1. The van der Waals surface area contributed by atoms with Crippen LogP contribution in [0.3, 0.4) is 0 Å². The number of ether oxygens (including phenoxy) is 1. The van der Waals surface area contributed by atoms with Crippen molar-refractivity contribution in [1.82, 2.24) is 9.38 Å². The molecule has 0 radical (unpaired) electrons. The van der Waals surface area contributed by atoms with Gasteiger partial charge in [-0.15, -0.1) is 0 Å². The zero-order valence-corrected chi connectivity index (χ0v) is 11.2. The molecule has 0 saturated carbocycles. The summed E-state index contributed by atoms with van der Waals surface area (Å²) in [6.07, 6.45) is 1.33. The Morgan fingerprint density at radius 2 is 2.05 bits per heavy atom. The fourth-order valence-electron chi connectivity index (χ4n) is 2.28. The summed E-state index contributed by atoms with van der Waals surface area (Å²) in [5, 5.41) is 0. The standard InChI is InChI=1S/C15H14FN3O/c1-9-7-10(3-5-12(9)20-2)14-15(17)19-8-11(16)4-6-13(19)18-14/h3-8H,17H2,1-2H3. The van der Waals surface area contributed by atoms with Gasteiger partial charge in [0.05, 0.1) is 7.11 Å². The third-order valence-corrected chi connectivity index (χ3v) is 3.29. The molecule has 2 N–H and O–H groups in total. The number of anilines is 1. The minimum absolute atomic E-state index is 0.348. The van der Waals surface area contributed by atoms with Gasteiger partial charge in [-0.3, -0.25) is 4.40 Å². The van der Waals surface area contributed by atoms with Crippen molar-refractivity contribution in [2.45, 2.75) is 6.92 Å². The molecule has 0 aliphatic carbocycles. The largest absolute Gasteiger partial charge is 0.496 e. The van der Waals surface area contributed by atoms with Crippen LogP contribution in [0.25, 0.3) is 16.9 Å². The molecule has 5 heteroatoms. The lowest BCUT2D eigenvalue weighted by molar-refractivity contribution is 0.412. The van der Waals surface area contributed by atoms with E-state index >= 15 is 0 Å². The second-order valence-electron chi connectivity index (χ2n) is 4.61. The summed E-state index contributed by atoms with van der Waals surface area (Å²) in [5.74, 6) is 0.880. The molecule has 20 heavy (non-hydrogen) atoms. The first-order valence-corrected chi connectivity index (χ1v) is 6.18. The highest BCUT2D eigenvalue weighted by Gasteiger charge is 2.12. The van der Waals surface area contributed by atoms with Crippen molar-refractivity contribution in [2.75, 3.05) is 12.8 Å². The van der Waals surface area contributed by atoms with E-state index in [1.54, 1.807) is 17.6 Å². The van der Waals surface area contributed by atoms with E-state index in [0.717, 1.165) is 16.9 Å². The molecule has 0 atom stereocenters. The van der Waals surface area contributed by atoms with Gasteiger partial charge in [-0.25, -0.2) is 9.37 Å². The van der Waals surface area contributed by atoms with Crippen LogP contribution < -0.4 is 10.5 Å². The summed E-state index contributed by atoms with van der Waals surface area (Å²) in [6.45, 7) is 1.95. The third kappa shape index (κ3) is 1.87. The number of pyridine rings is 1. The number of aromatic nitrogens is 2. The number of nitrogen functional groups attached to an aromatic ring is 1. The molecule has 3 aromatic rings. The molecule has 0 saturated heterocycles. The molecule has 2 heterocycles. The molecule has 3 rings (SSSR count). The number of nitrogens with two attached hydrogens (primary N) is 1. The molecule has 1 aromatic carbocycles. The van der Waals surface area contributed by atoms with Crippen molar-refractivity contribution >= 4 is 11.5 Å². The van der Waals surface area contributed by atoms with Gasteiger partial charge in [0.1, 0.15) is 28.7 Å². The highest BCUT2D eigenvalue weighted by Crippen LogP contribution is 2.30. The minimum Gasteiger partial charge on any atom is -0.496 e. The number of halogens is 1. The van der Waals surface area contributed by atoms with Crippen molar-refractivity contribution in [1.29, 1.82) is 0 Å². The maximum absolute atomic E-state index is 13.3. The van der Waals surface area contributed by atoms with Gasteiger partial charge in [-0.2, -0.15) is 0 Å². The Hall–Kier alpha value is -2.56.